The number of aryl methyl sites for hydroxylation is 1. The molecule has 0 heterocycles. The van der Waals surface area contributed by atoms with Gasteiger partial charge in [0, 0.05) is 18.1 Å². The monoisotopic (exact) mass is 380 g/mol. The molecule has 2 aromatic rings. The molecule has 0 saturated carbocycles. The van der Waals surface area contributed by atoms with E-state index in [0.29, 0.717) is 17.1 Å². The Labute approximate surface area is 153 Å². The van der Waals surface area contributed by atoms with E-state index in [1.54, 1.807) is 55.5 Å². The number of benzene rings is 2. The van der Waals surface area contributed by atoms with E-state index in [4.69, 9.17) is 11.6 Å². The van der Waals surface area contributed by atoms with Gasteiger partial charge in [0.05, 0.1) is 11.4 Å². The summed E-state index contributed by atoms with van der Waals surface area (Å²) in [5.41, 5.74) is 1.60. The molecule has 2 rings (SSSR count). The number of carbonyl (C=O) groups is 1. The van der Waals surface area contributed by atoms with E-state index in [2.05, 4.69) is 5.32 Å². The van der Waals surface area contributed by atoms with Gasteiger partial charge in [0.2, 0.25) is 15.9 Å². The molecule has 0 fully saturated rings. The van der Waals surface area contributed by atoms with E-state index in [1.807, 2.05) is 6.92 Å². The Balaban J connectivity index is 2.37. The zero-order chi connectivity index (χ0) is 18.4. The van der Waals surface area contributed by atoms with Crippen molar-refractivity contribution < 1.29 is 13.2 Å². The first kappa shape index (κ1) is 19.4. The fourth-order valence-corrected chi connectivity index (χ4v) is 3.88. The van der Waals surface area contributed by atoms with E-state index >= 15 is 0 Å². The Bertz CT molecular complexity index is 836. The van der Waals surface area contributed by atoms with Crippen molar-refractivity contribution in [2.75, 3.05) is 13.1 Å². The molecule has 5 nitrogen and oxygen atoms in total. The summed E-state index contributed by atoms with van der Waals surface area (Å²) < 4.78 is 27.1. The molecular weight excluding hydrogens is 360 g/mol. The number of hydrogen-bond acceptors (Lipinski definition) is 3. The fraction of sp³-hybridized carbons (Fsp3) is 0.278. The predicted octanol–water partition coefficient (Wildman–Crippen LogP) is 2.98. The molecule has 134 valence electrons. The van der Waals surface area contributed by atoms with Crippen molar-refractivity contribution >= 4 is 27.5 Å². The fourth-order valence-electron chi connectivity index (χ4n) is 2.32. The van der Waals surface area contributed by atoms with Gasteiger partial charge in [-0.3, -0.25) is 4.79 Å². The van der Waals surface area contributed by atoms with Crippen LogP contribution in [-0.4, -0.2) is 31.7 Å². The second kappa shape index (κ2) is 8.47. The first-order valence-electron chi connectivity index (χ1n) is 7.91. The lowest BCUT2D eigenvalue weighted by Crippen LogP contribution is -2.40. The van der Waals surface area contributed by atoms with Crippen LogP contribution in [0, 0.1) is 6.92 Å². The third-order valence-electron chi connectivity index (χ3n) is 3.66. The largest absolute Gasteiger partial charge is 0.355 e. The number of nitrogens with one attached hydrogen (secondary N) is 1. The Morgan fingerprint density at radius 1 is 1.12 bits per heavy atom. The lowest BCUT2D eigenvalue weighted by atomic mass is 10.2. The molecule has 0 aromatic heterocycles. The molecule has 0 atom stereocenters. The number of halogens is 1. The van der Waals surface area contributed by atoms with Crippen LogP contribution >= 0.6 is 11.6 Å². The third kappa shape index (κ3) is 5.04. The van der Waals surface area contributed by atoms with Gasteiger partial charge in [-0.05, 0) is 37.6 Å². The number of hydrogen-bond donors (Lipinski definition) is 1. The minimum atomic E-state index is -3.83. The summed E-state index contributed by atoms with van der Waals surface area (Å²) in [5, 5.41) is 3.09. The van der Waals surface area contributed by atoms with Crippen molar-refractivity contribution in [1.29, 1.82) is 0 Å². The van der Waals surface area contributed by atoms with Gasteiger partial charge >= 0.3 is 0 Å². The number of sulfonamides is 1. The minimum absolute atomic E-state index is 0.0209. The van der Waals surface area contributed by atoms with E-state index in [9.17, 15) is 13.2 Å². The van der Waals surface area contributed by atoms with E-state index in [0.717, 1.165) is 9.87 Å². The van der Waals surface area contributed by atoms with Crippen LogP contribution in [-0.2, 0) is 21.4 Å². The van der Waals surface area contributed by atoms with Crippen LogP contribution in [0.3, 0.4) is 0 Å². The van der Waals surface area contributed by atoms with Crippen molar-refractivity contribution in [3.8, 4) is 0 Å². The van der Waals surface area contributed by atoms with Gasteiger partial charge in [0.1, 0.15) is 0 Å². The van der Waals surface area contributed by atoms with Crippen LogP contribution in [0.5, 0.6) is 0 Å². The molecule has 0 spiro atoms. The lowest BCUT2D eigenvalue weighted by molar-refractivity contribution is -0.121. The quantitative estimate of drug-likeness (QED) is 0.803. The molecule has 0 aliphatic heterocycles. The second-order valence-corrected chi connectivity index (χ2v) is 7.98. The standard InChI is InChI=1S/C18H21ClN2O3S/c1-3-20-18(22)13-21(12-15-6-4-5-7-17(15)19)25(23,24)16-10-8-14(2)9-11-16/h4-11H,3,12-13H2,1-2H3,(H,20,22). The Hall–Kier alpha value is -1.89. The molecule has 0 saturated heterocycles. The first-order chi connectivity index (χ1) is 11.8. The van der Waals surface area contributed by atoms with Crippen LogP contribution in [0.1, 0.15) is 18.1 Å². The van der Waals surface area contributed by atoms with Crippen LogP contribution in [0.4, 0.5) is 0 Å². The lowest BCUT2D eigenvalue weighted by Gasteiger charge is -2.22. The van der Waals surface area contributed by atoms with Crippen molar-refractivity contribution in [2.24, 2.45) is 0 Å². The van der Waals surface area contributed by atoms with E-state index < -0.39 is 10.0 Å². The smallest absolute Gasteiger partial charge is 0.243 e. The topological polar surface area (TPSA) is 66.5 Å². The van der Waals surface area contributed by atoms with Crippen molar-refractivity contribution in [2.45, 2.75) is 25.3 Å². The molecule has 1 N–H and O–H groups in total. The zero-order valence-corrected chi connectivity index (χ0v) is 15.8. The molecule has 2 aromatic carbocycles. The highest BCUT2D eigenvalue weighted by atomic mass is 35.5. The molecule has 25 heavy (non-hydrogen) atoms. The molecule has 0 radical (unpaired) electrons. The summed E-state index contributed by atoms with van der Waals surface area (Å²) in [5.74, 6) is -0.356. The Kier molecular flexibility index (Phi) is 6.58. The second-order valence-electron chi connectivity index (χ2n) is 5.63. The minimum Gasteiger partial charge on any atom is -0.355 e. The Morgan fingerprint density at radius 2 is 1.76 bits per heavy atom. The SMILES string of the molecule is CCNC(=O)CN(Cc1ccccc1Cl)S(=O)(=O)c1ccc(C)cc1. The first-order valence-corrected chi connectivity index (χ1v) is 9.73. The van der Waals surface area contributed by atoms with E-state index in [-0.39, 0.29) is 23.9 Å². The van der Waals surface area contributed by atoms with Crippen LogP contribution in [0.25, 0.3) is 0 Å². The highest BCUT2D eigenvalue weighted by Gasteiger charge is 2.27. The number of carbonyl (C=O) groups excluding carboxylic acids is 1. The molecule has 0 aliphatic rings. The maximum Gasteiger partial charge on any atom is 0.243 e. The highest BCUT2D eigenvalue weighted by molar-refractivity contribution is 7.89. The summed E-state index contributed by atoms with van der Waals surface area (Å²) in [6.07, 6.45) is 0. The maximum atomic E-state index is 13.0. The summed E-state index contributed by atoms with van der Waals surface area (Å²) in [6.45, 7) is 3.85. The van der Waals surface area contributed by atoms with Crippen molar-refractivity contribution in [3.05, 3.63) is 64.7 Å². The molecule has 1 amide bonds. The van der Waals surface area contributed by atoms with Crippen molar-refractivity contribution in [3.63, 3.8) is 0 Å². The van der Waals surface area contributed by atoms with Crippen LogP contribution in [0.15, 0.2) is 53.4 Å². The van der Waals surface area contributed by atoms with Gasteiger partial charge in [0.15, 0.2) is 0 Å². The molecule has 0 unspecified atom stereocenters. The van der Waals surface area contributed by atoms with Crippen molar-refractivity contribution in [1.82, 2.24) is 9.62 Å². The number of nitrogens with zero attached hydrogens (tertiary/aromatic N) is 1. The number of likely N-dealkylation sites (N-methyl/N-ethyl adjacent to an activating group) is 1. The van der Waals surface area contributed by atoms with Gasteiger partial charge in [-0.1, -0.05) is 47.5 Å². The van der Waals surface area contributed by atoms with Gasteiger partial charge in [0.25, 0.3) is 0 Å². The molecule has 7 heteroatoms. The molecular formula is C18H21ClN2O3S. The summed E-state index contributed by atoms with van der Waals surface area (Å²) >= 11 is 6.16. The average Bonchev–Trinajstić information content (AvgIpc) is 2.57. The van der Waals surface area contributed by atoms with Crippen LogP contribution < -0.4 is 5.32 Å². The summed E-state index contributed by atoms with van der Waals surface area (Å²) in [7, 11) is -3.83. The Morgan fingerprint density at radius 3 is 2.36 bits per heavy atom. The predicted molar refractivity (Wildman–Crippen MR) is 98.9 cm³/mol. The number of rotatable bonds is 7. The summed E-state index contributed by atoms with van der Waals surface area (Å²) in [6, 6.07) is 13.5. The number of amides is 1. The molecule has 0 bridgehead atoms. The van der Waals surface area contributed by atoms with Gasteiger partial charge in [-0.15, -0.1) is 0 Å². The van der Waals surface area contributed by atoms with Gasteiger partial charge in [-0.25, -0.2) is 8.42 Å². The summed E-state index contributed by atoms with van der Waals surface area (Å²) in [4.78, 5) is 12.2. The van der Waals surface area contributed by atoms with Crippen LogP contribution in [0.2, 0.25) is 5.02 Å². The third-order valence-corrected chi connectivity index (χ3v) is 5.83. The van der Waals surface area contributed by atoms with Gasteiger partial charge < -0.3 is 5.32 Å². The maximum absolute atomic E-state index is 13.0. The zero-order valence-electron chi connectivity index (χ0n) is 14.2. The average molecular weight is 381 g/mol. The van der Waals surface area contributed by atoms with E-state index in [1.165, 1.54) is 0 Å². The van der Waals surface area contributed by atoms with Gasteiger partial charge in [-0.2, -0.15) is 4.31 Å². The highest BCUT2D eigenvalue weighted by Crippen LogP contribution is 2.22. The molecule has 0 aliphatic carbocycles. The normalized spacial score (nSPS) is 11.5.